The molecule has 0 aromatic rings. The molecule has 146 valence electrons. The van der Waals surface area contributed by atoms with Crippen molar-refractivity contribution in [2.75, 3.05) is 10.7 Å². The van der Waals surface area contributed by atoms with Gasteiger partial charge in [0.05, 0.1) is 0 Å². The predicted molar refractivity (Wildman–Crippen MR) is 126 cm³/mol. The molecule has 2 heteroatoms. The van der Waals surface area contributed by atoms with Crippen molar-refractivity contribution in [2.45, 2.75) is 47.0 Å². The van der Waals surface area contributed by atoms with Crippen molar-refractivity contribution in [3.05, 3.63) is 50.6 Å². The third-order valence-electron chi connectivity index (χ3n) is 5.52. The summed E-state index contributed by atoms with van der Waals surface area (Å²) in [7, 11) is 0. The highest BCUT2D eigenvalue weighted by Crippen LogP contribution is 2.40. The lowest BCUT2D eigenvalue weighted by Gasteiger charge is -2.13. The second-order valence-corrected chi connectivity index (χ2v) is 8.33. The average molecular weight is 476 g/mol. The number of hydrogen-bond acceptors (Lipinski definition) is 0. The molecule has 2 aliphatic rings. The molecule has 0 bridgehead atoms. The lowest BCUT2D eigenvalue weighted by molar-refractivity contribution is 0.448. The highest BCUT2D eigenvalue weighted by atomic mass is 79.9. The lowest BCUT2D eigenvalue weighted by atomic mass is 9.94. The standard InChI is InChI=1S/C11H17Br.C10H15Br.2CH4/c1-3-9-7-10(4-2)11(8-9)5-6-12;1-3-8-5-9(4-2)10(6-8)7-11;;/h3-4,9-11H,1-2,5-8H2;3-4,8-10H,1-2,5-7H2;2*1H4. The number of rotatable bonds is 7. The molecular weight excluding hydrogens is 436 g/mol. The fourth-order valence-corrected chi connectivity index (χ4v) is 5.35. The summed E-state index contributed by atoms with van der Waals surface area (Å²) in [4.78, 5) is 0. The predicted octanol–water partition coefficient (Wildman–Crippen LogP) is 8.45. The molecule has 0 nitrogen and oxygen atoms in total. The third-order valence-corrected chi connectivity index (χ3v) is 6.81. The van der Waals surface area contributed by atoms with Gasteiger partial charge >= 0.3 is 0 Å². The van der Waals surface area contributed by atoms with E-state index in [1.807, 2.05) is 0 Å². The molecule has 0 heterocycles. The van der Waals surface area contributed by atoms with Crippen LogP contribution in [0.5, 0.6) is 0 Å². The highest BCUT2D eigenvalue weighted by Gasteiger charge is 2.30. The van der Waals surface area contributed by atoms with E-state index in [0.29, 0.717) is 5.92 Å². The third kappa shape index (κ3) is 8.43. The normalized spacial score (nSPS) is 33.0. The maximum atomic E-state index is 3.89. The first-order chi connectivity index (χ1) is 11.1. The van der Waals surface area contributed by atoms with Crippen molar-refractivity contribution < 1.29 is 0 Å². The lowest BCUT2D eigenvalue weighted by Crippen LogP contribution is -2.05. The van der Waals surface area contributed by atoms with Gasteiger partial charge < -0.3 is 0 Å². The summed E-state index contributed by atoms with van der Waals surface area (Å²) in [6, 6.07) is 0. The minimum Gasteiger partial charge on any atom is -0.103 e. The van der Waals surface area contributed by atoms with E-state index in [2.05, 4.69) is 82.5 Å². The Morgan fingerprint density at radius 2 is 1.12 bits per heavy atom. The molecule has 0 amide bonds. The van der Waals surface area contributed by atoms with Crippen LogP contribution in [0.25, 0.3) is 0 Å². The molecule has 6 atom stereocenters. The molecule has 0 spiro atoms. The van der Waals surface area contributed by atoms with Gasteiger partial charge in [0.1, 0.15) is 0 Å². The molecule has 2 aliphatic carbocycles. The van der Waals surface area contributed by atoms with Gasteiger partial charge in [-0.05, 0) is 67.6 Å². The zero-order valence-electron chi connectivity index (χ0n) is 14.3. The van der Waals surface area contributed by atoms with Crippen LogP contribution in [0.15, 0.2) is 50.6 Å². The summed E-state index contributed by atoms with van der Waals surface area (Å²) in [5, 5.41) is 2.22. The maximum absolute atomic E-state index is 3.89. The first kappa shape index (κ1) is 27.1. The van der Waals surface area contributed by atoms with E-state index in [4.69, 9.17) is 0 Å². The second kappa shape index (κ2) is 15.0. The Labute approximate surface area is 175 Å². The fraction of sp³-hybridized carbons (Fsp3) is 0.652. The Kier molecular flexibility index (Phi) is 16.3. The summed E-state index contributed by atoms with van der Waals surface area (Å²) in [5.41, 5.74) is 0. The fourth-order valence-electron chi connectivity index (χ4n) is 4.02. The molecule has 0 aliphatic heterocycles. The molecule has 0 aromatic heterocycles. The van der Waals surface area contributed by atoms with Gasteiger partial charge in [-0.1, -0.05) is 71.0 Å². The molecule has 0 radical (unpaired) electrons. The van der Waals surface area contributed by atoms with E-state index in [9.17, 15) is 0 Å². The topological polar surface area (TPSA) is 0 Å². The molecule has 0 N–H and O–H groups in total. The SMILES string of the molecule is C.C.C=CC1CC(C=C)C(CBr)C1.C=CC1CC(C=C)C(CCBr)C1. The van der Waals surface area contributed by atoms with Crippen molar-refractivity contribution in [3.63, 3.8) is 0 Å². The Bertz CT molecular complexity index is 388. The summed E-state index contributed by atoms with van der Waals surface area (Å²) in [5.74, 6) is 4.51. The van der Waals surface area contributed by atoms with Gasteiger partial charge in [0.25, 0.3) is 0 Å². The van der Waals surface area contributed by atoms with Crippen LogP contribution in [-0.2, 0) is 0 Å². The van der Waals surface area contributed by atoms with Gasteiger partial charge in [-0.3, -0.25) is 0 Å². The Morgan fingerprint density at radius 3 is 1.44 bits per heavy atom. The number of allylic oxidation sites excluding steroid dienone is 4. The van der Waals surface area contributed by atoms with Crippen LogP contribution in [0.4, 0.5) is 0 Å². The van der Waals surface area contributed by atoms with E-state index in [1.165, 1.54) is 32.1 Å². The van der Waals surface area contributed by atoms with Crippen LogP contribution >= 0.6 is 31.9 Å². The summed E-state index contributed by atoms with van der Waals surface area (Å²) in [6.45, 7) is 15.4. The zero-order valence-corrected chi connectivity index (χ0v) is 17.5. The van der Waals surface area contributed by atoms with Crippen molar-refractivity contribution in [2.24, 2.45) is 35.5 Å². The van der Waals surface area contributed by atoms with Gasteiger partial charge in [0, 0.05) is 10.7 Å². The number of halogens is 2. The summed E-state index contributed by atoms with van der Waals surface area (Å²) in [6.07, 6.45) is 14.8. The van der Waals surface area contributed by atoms with Crippen molar-refractivity contribution in [1.82, 2.24) is 0 Å². The average Bonchev–Trinajstić information content (AvgIpc) is 3.18. The van der Waals surface area contributed by atoms with E-state index >= 15 is 0 Å². The molecule has 2 saturated carbocycles. The Hall–Kier alpha value is -0.0800. The van der Waals surface area contributed by atoms with Gasteiger partial charge in [-0.25, -0.2) is 0 Å². The Balaban J connectivity index is 0. The number of hydrogen-bond donors (Lipinski definition) is 0. The second-order valence-electron chi connectivity index (χ2n) is 6.89. The van der Waals surface area contributed by atoms with Gasteiger partial charge in [0.15, 0.2) is 0 Å². The molecular formula is C23H40Br2. The van der Waals surface area contributed by atoms with Gasteiger partial charge in [-0.2, -0.15) is 0 Å². The van der Waals surface area contributed by atoms with Crippen LogP contribution in [0, 0.1) is 35.5 Å². The van der Waals surface area contributed by atoms with Crippen LogP contribution in [0.1, 0.15) is 47.0 Å². The molecule has 0 aromatic carbocycles. The van der Waals surface area contributed by atoms with Crippen molar-refractivity contribution in [3.8, 4) is 0 Å². The van der Waals surface area contributed by atoms with E-state index in [-0.39, 0.29) is 14.9 Å². The van der Waals surface area contributed by atoms with Crippen LogP contribution < -0.4 is 0 Å². The van der Waals surface area contributed by atoms with Gasteiger partial charge in [-0.15, -0.1) is 26.3 Å². The first-order valence-electron chi connectivity index (χ1n) is 8.75. The van der Waals surface area contributed by atoms with Crippen LogP contribution in [0.3, 0.4) is 0 Å². The first-order valence-corrected chi connectivity index (χ1v) is 11.0. The summed E-state index contributed by atoms with van der Waals surface area (Å²) >= 11 is 7.03. The molecule has 6 unspecified atom stereocenters. The molecule has 0 saturated heterocycles. The van der Waals surface area contributed by atoms with E-state index < -0.39 is 0 Å². The summed E-state index contributed by atoms with van der Waals surface area (Å²) < 4.78 is 0. The highest BCUT2D eigenvalue weighted by molar-refractivity contribution is 9.09. The van der Waals surface area contributed by atoms with E-state index in [0.717, 1.165) is 40.2 Å². The monoisotopic (exact) mass is 474 g/mol. The molecule has 2 rings (SSSR count). The minimum atomic E-state index is 0. The van der Waals surface area contributed by atoms with Crippen LogP contribution in [0.2, 0.25) is 0 Å². The minimum absolute atomic E-state index is 0. The largest absolute Gasteiger partial charge is 0.103 e. The molecule has 2 fully saturated rings. The van der Waals surface area contributed by atoms with Crippen molar-refractivity contribution in [1.29, 1.82) is 0 Å². The maximum Gasteiger partial charge on any atom is 0.00655 e. The quantitative estimate of drug-likeness (QED) is 0.255. The van der Waals surface area contributed by atoms with E-state index in [1.54, 1.807) is 0 Å². The van der Waals surface area contributed by atoms with Gasteiger partial charge in [0.2, 0.25) is 0 Å². The smallest absolute Gasteiger partial charge is 0.00655 e. The molecule has 25 heavy (non-hydrogen) atoms. The zero-order chi connectivity index (χ0) is 17.2. The van der Waals surface area contributed by atoms with Crippen molar-refractivity contribution >= 4 is 31.9 Å². The number of alkyl halides is 2. The Morgan fingerprint density at radius 1 is 0.680 bits per heavy atom. The van der Waals surface area contributed by atoms with Crippen LogP contribution in [-0.4, -0.2) is 10.7 Å².